The van der Waals surface area contributed by atoms with E-state index >= 15 is 0 Å². The van der Waals surface area contributed by atoms with Crippen molar-refractivity contribution >= 4 is 11.3 Å². The van der Waals surface area contributed by atoms with E-state index in [0.717, 1.165) is 6.42 Å². The van der Waals surface area contributed by atoms with Crippen LogP contribution in [0.15, 0.2) is 16.8 Å². The zero-order valence-electron chi connectivity index (χ0n) is 6.34. The number of thiophene rings is 1. The Morgan fingerprint density at radius 2 is 2.50 bits per heavy atom. The molecule has 0 bridgehead atoms. The minimum Gasteiger partial charge on any atom is -0.152 e. The van der Waals surface area contributed by atoms with Crippen LogP contribution >= 0.6 is 11.3 Å². The van der Waals surface area contributed by atoms with Crippen molar-refractivity contribution in [2.24, 2.45) is 0 Å². The second-order valence-corrected chi connectivity index (χ2v) is 3.19. The van der Waals surface area contributed by atoms with Gasteiger partial charge < -0.3 is 0 Å². The molecule has 0 N–H and O–H groups in total. The maximum absolute atomic E-state index is 2.35. The van der Waals surface area contributed by atoms with Crippen molar-refractivity contribution in [3.63, 3.8) is 0 Å². The standard InChI is InChI=1S/C9H13S/c1-2-3-4-5-9-6-7-10-8-9/h4,6-8H,2-3,5H2,1H3. The van der Waals surface area contributed by atoms with Crippen molar-refractivity contribution in [1.82, 2.24) is 0 Å². The van der Waals surface area contributed by atoms with E-state index in [1.165, 1.54) is 18.4 Å². The fourth-order valence-electron chi connectivity index (χ4n) is 0.882. The highest BCUT2D eigenvalue weighted by atomic mass is 32.1. The fraction of sp³-hybridized carbons (Fsp3) is 0.444. The van der Waals surface area contributed by atoms with Crippen LogP contribution in [0.5, 0.6) is 0 Å². The molecule has 0 atom stereocenters. The molecule has 1 aromatic heterocycles. The molecule has 0 aliphatic rings. The largest absolute Gasteiger partial charge is 0.152 e. The number of unbranched alkanes of at least 4 members (excludes halogenated alkanes) is 2. The van der Waals surface area contributed by atoms with Crippen LogP contribution < -0.4 is 0 Å². The van der Waals surface area contributed by atoms with Gasteiger partial charge in [0.25, 0.3) is 0 Å². The average molecular weight is 153 g/mol. The van der Waals surface area contributed by atoms with E-state index in [4.69, 9.17) is 0 Å². The van der Waals surface area contributed by atoms with Crippen LogP contribution in [0, 0.1) is 6.42 Å². The Morgan fingerprint density at radius 1 is 1.60 bits per heavy atom. The highest BCUT2D eigenvalue weighted by Crippen LogP contribution is 2.09. The van der Waals surface area contributed by atoms with Gasteiger partial charge in [-0.1, -0.05) is 19.8 Å². The molecule has 0 saturated heterocycles. The summed E-state index contributed by atoms with van der Waals surface area (Å²) in [6.07, 6.45) is 6.01. The lowest BCUT2D eigenvalue weighted by atomic mass is 10.1. The minimum absolute atomic E-state index is 1.15. The molecule has 1 radical (unpaired) electrons. The van der Waals surface area contributed by atoms with Gasteiger partial charge in [-0.05, 0) is 35.2 Å². The smallest absolute Gasteiger partial charge is 0.00612 e. The summed E-state index contributed by atoms with van der Waals surface area (Å²) in [7, 11) is 0. The maximum atomic E-state index is 2.35. The van der Waals surface area contributed by atoms with Crippen LogP contribution in [0.25, 0.3) is 0 Å². The minimum atomic E-state index is 1.15. The maximum Gasteiger partial charge on any atom is -0.00612 e. The van der Waals surface area contributed by atoms with Gasteiger partial charge in [0.05, 0.1) is 0 Å². The summed E-state index contributed by atoms with van der Waals surface area (Å²) in [4.78, 5) is 0. The zero-order chi connectivity index (χ0) is 7.23. The normalized spacial score (nSPS) is 10.1. The Morgan fingerprint density at radius 3 is 3.10 bits per heavy atom. The summed E-state index contributed by atoms with van der Waals surface area (Å²) >= 11 is 1.78. The summed E-state index contributed by atoms with van der Waals surface area (Å²) < 4.78 is 0. The van der Waals surface area contributed by atoms with Gasteiger partial charge in [0.15, 0.2) is 0 Å². The van der Waals surface area contributed by atoms with Crippen molar-refractivity contribution in [3.8, 4) is 0 Å². The highest BCUT2D eigenvalue weighted by Gasteiger charge is 1.91. The first-order valence-corrected chi connectivity index (χ1v) is 4.70. The second-order valence-electron chi connectivity index (χ2n) is 2.41. The third-order valence-corrected chi connectivity index (χ3v) is 2.18. The SMILES string of the molecule is CCC[CH]Cc1ccsc1. The summed E-state index contributed by atoms with van der Waals surface area (Å²) in [5.74, 6) is 0. The summed E-state index contributed by atoms with van der Waals surface area (Å²) in [5, 5.41) is 4.35. The fourth-order valence-corrected chi connectivity index (χ4v) is 1.56. The van der Waals surface area contributed by atoms with Crippen molar-refractivity contribution in [2.75, 3.05) is 0 Å². The zero-order valence-corrected chi connectivity index (χ0v) is 7.16. The lowest BCUT2D eigenvalue weighted by molar-refractivity contribution is 0.865. The van der Waals surface area contributed by atoms with Crippen molar-refractivity contribution in [3.05, 3.63) is 28.8 Å². The van der Waals surface area contributed by atoms with Crippen LogP contribution in [0.2, 0.25) is 0 Å². The highest BCUT2D eigenvalue weighted by molar-refractivity contribution is 7.07. The van der Waals surface area contributed by atoms with Crippen LogP contribution in [-0.4, -0.2) is 0 Å². The number of hydrogen-bond donors (Lipinski definition) is 0. The Labute approximate surface area is 66.9 Å². The van der Waals surface area contributed by atoms with E-state index in [9.17, 15) is 0 Å². The van der Waals surface area contributed by atoms with Gasteiger partial charge in [-0.25, -0.2) is 0 Å². The van der Waals surface area contributed by atoms with Crippen LogP contribution in [0.3, 0.4) is 0 Å². The first-order chi connectivity index (χ1) is 4.93. The van der Waals surface area contributed by atoms with Crippen molar-refractivity contribution in [2.45, 2.75) is 26.2 Å². The quantitative estimate of drug-likeness (QED) is 0.582. The van der Waals surface area contributed by atoms with E-state index < -0.39 is 0 Å². The van der Waals surface area contributed by atoms with E-state index in [2.05, 4.69) is 30.2 Å². The first kappa shape index (κ1) is 7.80. The van der Waals surface area contributed by atoms with Crippen LogP contribution in [-0.2, 0) is 6.42 Å². The topological polar surface area (TPSA) is 0 Å². The molecule has 1 aromatic rings. The van der Waals surface area contributed by atoms with Crippen LogP contribution in [0.1, 0.15) is 25.3 Å². The van der Waals surface area contributed by atoms with E-state index in [1.807, 2.05) is 0 Å². The molecule has 55 valence electrons. The van der Waals surface area contributed by atoms with E-state index in [-0.39, 0.29) is 0 Å². The molecular formula is C9H13S. The van der Waals surface area contributed by atoms with Gasteiger partial charge in [-0.2, -0.15) is 11.3 Å². The van der Waals surface area contributed by atoms with Crippen molar-refractivity contribution in [1.29, 1.82) is 0 Å². The monoisotopic (exact) mass is 153 g/mol. The Kier molecular flexibility index (Phi) is 3.52. The summed E-state index contributed by atoms with van der Waals surface area (Å²) in [5.41, 5.74) is 1.46. The van der Waals surface area contributed by atoms with Gasteiger partial charge >= 0.3 is 0 Å². The summed E-state index contributed by atoms with van der Waals surface area (Å²) in [6, 6.07) is 2.19. The van der Waals surface area contributed by atoms with Gasteiger partial charge in [-0.3, -0.25) is 0 Å². The third kappa shape index (κ3) is 2.53. The number of hydrogen-bond acceptors (Lipinski definition) is 1. The lowest BCUT2D eigenvalue weighted by Crippen LogP contribution is -1.81. The Hall–Kier alpha value is -0.300. The molecule has 0 nitrogen and oxygen atoms in total. The molecule has 0 amide bonds. The molecule has 0 aliphatic carbocycles. The molecule has 0 saturated carbocycles. The van der Waals surface area contributed by atoms with Gasteiger partial charge in [0.1, 0.15) is 0 Å². The molecule has 10 heavy (non-hydrogen) atoms. The van der Waals surface area contributed by atoms with E-state index in [1.54, 1.807) is 11.3 Å². The molecule has 1 heterocycles. The van der Waals surface area contributed by atoms with Gasteiger partial charge in [0.2, 0.25) is 0 Å². The summed E-state index contributed by atoms with van der Waals surface area (Å²) in [6.45, 7) is 2.21. The van der Waals surface area contributed by atoms with Gasteiger partial charge in [-0.15, -0.1) is 0 Å². The molecule has 1 heteroatoms. The molecule has 0 unspecified atom stereocenters. The lowest BCUT2D eigenvalue weighted by Gasteiger charge is -1.93. The molecule has 0 spiro atoms. The third-order valence-electron chi connectivity index (χ3n) is 1.45. The predicted molar refractivity (Wildman–Crippen MR) is 47.2 cm³/mol. The van der Waals surface area contributed by atoms with Crippen molar-refractivity contribution < 1.29 is 0 Å². The molecule has 0 aliphatic heterocycles. The number of rotatable bonds is 4. The predicted octanol–water partition coefficient (Wildman–Crippen LogP) is 3.29. The second kappa shape index (κ2) is 4.51. The average Bonchev–Trinajstić information content (AvgIpc) is 2.41. The first-order valence-electron chi connectivity index (χ1n) is 3.76. The molecular weight excluding hydrogens is 140 g/mol. The van der Waals surface area contributed by atoms with E-state index in [0.29, 0.717) is 0 Å². The molecule has 0 aromatic carbocycles. The Balaban J connectivity index is 2.15. The van der Waals surface area contributed by atoms with Gasteiger partial charge in [0, 0.05) is 0 Å². The Bertz CT molecular complexity index is 153. The molecule has 0 fully saturated rings. The van der Waals surface area contributed by atoms with Crippen LogP contribution in [0.4, 0.5) is 0 Å². The molecule has 1 rings (SSSR count).